The van der Waals surface area contributed by atoms with Crippen LogP contribution in [-0.4, -0.2) is 22.0 Å². The molecule has 1 aromatic rings. The lowest BCUT2D eigenvalue weighted by Gasteiger charge is -2.16. The van der Waals surface area contributed by atoms with Gasteiger partial charge in [0.15, 0.2) is 0 Å². The normalized spacial score (nSPS) is 14.2. The monoisotopic (exact) mass is 266 g/mol. The Bertz CT molecular complexity index is 452. The van der Waals surface area contributed by atoms with Gasteiger partial charge in [0.25, 0.3) is 0 Å². The number of carbonyl (C=O) groups is 1. The van der Waals surface area contributed by atoms with Crippen LogP contribution in [0.4, 0.5) is 0 Å². The van der Waals surface area contributed by atoms with E-state index in [-0.39, 0.29) is 11.7 Å². The molecule has 3 heteroatoms. The Kier molecular flexibility index (Phi) is 5.73. The lowest BCUT2D eigenvalue weighted by atomic mass is 9.89. The molecule has 2 unspecified atom stereocenters. The van der Waals surface area contributed by atoms with Gasteiger partial charge in [-0.15, -0.1) is 0 Å². The highest BCUT2D eigenvalue weighted by molar-refractivity contribution is 7.84. The topological polar surface area (TPSA) is 34.1 Å². The summed E-state index contributed by atoms with van der Waals surface area (Å²) in [5.74, 6) is 0.553. The third-order valence-electron chi connectivity index (χ3n) is 3.45. The molecule has 0 aromatic heterocycles. The minimum atomic E-state index is -0.891. The van der Waals surface area contributed by atoms with Crippen LogP contribution in [0.25, 0.3) is 0 Å². The van der Waals surface area contributed by atoms with Crippen molar-refractivity contribution < 1.29 is 9.00 Å². The van der Waals surface area contributed by atoms with Gasteiger partial charge in [-0.25, -0.2) is 0 Å². The van der Waals surface area contributed by atoms with E-state index in [2.05, 4.69) is 19.9 Å². The third-order valence-corrected chi connectivity index (χ3v) is 4.23. The number of carbonyl (C=O) groups excluding carboxylic acids is 1. The number of hydrogen-bond acceptors (Lipinski definition) is 2. The molecular weight excluding hydrogens is 244 g/mol. The van der Waals surface area contributed by atoms with E-state index in [1.807, 2.05) is 19.1 Å². The van der Waals surface area contributed by atoms with Crippen molar-refractivity contribution in [2.45, 2.75) is 39.5 Å². The van der Waals surface area contributed by atoms with E-state index in [0.29, 0.717) is 12.2 Å². The highest BCUT2D eigenvalue weighted by Gasteiger charge is 2.18. The van der Waals surface area contributed by atoms with Crippen molar-refractivity contribution in [2.24, 2.45) is 0 Å². The van der Waals surface area contributed by atoms with E-state index < -0.39 is 10.8 Å². The zero-order valence-corrected chi connectivity index (χ0v) is 12.5. The zero-order chi connectivity index (χ0) is 13.7. The number of Topliss-reactive ketones (excluding diaryl/α,β-unsaturated/α-hetero) is 1. The fraction of sp³-hybridized carbons (Fsp3) is 0.533. The molecule has 1 rings (SSSR count). The Morgan fingerprint density at radius 3 is 2.61 bits per heavy atom. The summed E-state index contributed by atoms with van der Waals surface area (Å²) >= 11 is 0. The smallest absolute Gasteiger partial charge is 0.140 e. The SMILES string of the molecule is CCc1cccc(C(C)C(=O)CCS(C)=O)c1C. The number of rotatable bonds is 6. The fourth-order valence-electron chi connectivity index (χ4n) is 2.19. The maximum Gasteiger partial charge on any atom is 0.140 e. The molecule has 0 spiro atoms. The van der Waals surface area contributed by atoms with Crippen LogP contribution in [0, 0.1) is 6.92 Å². The summed E-state index contributed by atoms with van der Waals surface area (Å²) in [6, 6.07) is 6.15. The molecule has 0 heterocycles. The summed E-state index contributed by atoms with van der Waals surface area (Å²) in [5, 5.41) is 0. The van der Waals surface area contributed by atoms with Crippen LogP contribution in [0.15, 0.2) is 18.2 Å². The molecule has 0 radical (unpaired) electrons. The highest BCUT2D eigenvalue weighted by atomic mass is 32.2. The number of benzene rings is 1. The number of hydrogen-bond donors (Lipinski definition) is 0. The molecule has 0 N–H and O–H groups in total. The van der Waals surface area contributed by atoms with Gasteiger partial charge in [0.2, 0.25) is 0 Å². The Morgan fingerprint density at radius 1 is 1.39 bits per heavy atom. The molecule has 0 aliphatic rings. The molecule has 18 heavy (non-hydrogen) atoms. The average molecular weight is 266 g/mol. The molecule has 0 fully saturated rings. The molecule has 0 saturated carbocycles. The predicted molar refractivity (Wildman–Crippen MR) is 77.5 cm³/mol. The van der Waals surface area contributed by atoms with Crippen molar-refractivity contribution in [3.63, 3.8) is 0 Å². The van der Waals surface area contributed by atoms with E-state index in [0.717, 1.165) is 12.0 Å². The van der Waals surface area contributed by atoms with Gasteiger partial charge in [-0.2, -0.15) is 0 Å². The van der Waals surface area contributed by atoms with E-state index in [1.165, 1.54) is 11.1 Å². The predicted octanol–water partition coefficient (Wildman–Crippen LogP) is 3.00. The molecule has 0 aliphatic heterocycles. The highest BCUT2D eigenvalue weighted by Crippen LogP contribution is 2.24. The summed E-state index contributed by atoms with van der Waals surface area (Å²) in [6.45, 7) is 6.15. The van der Waals surface area contributed by atoms with E-state index in [9.17, 15) is 9.00 Å². The summed E-state index contributed by atoms with van der Waals surface area (Å²) in [7, 11) is -0.891. The minimum Gasteiger partial charge on any atom is -0.299 e. The van der Waals surface area contributed by atoms with Gasteiger partial charge in [-0.1, -0.05) is 32.0 Å². The molecule has 2 nitrogen and oxygen atoms in total. The van der Waals surface area contributed by atoms with Gasteiger partial charge >= 0.3 is 0 Å². The van der Waals surface area contributed by atoms with Gasteiger partial charge in [0, 0.05) is 35.1 Å². The summed E-state index contributed by atoms with van der Waals surface area (Å²) in [5.41, 5.74) is 3.63. The lowest BCUT2D eigenvalue weighted by molar-refractivity contribution is -0.119. The maximum atomic E-state index is 12.1. The van der Waals surface area contributed by atoms with Crippen molar-refractivity contribution >= 4 is 16.6 Å². The van der Waals surface area contributed by atoms with Crippen LogP contribution < -0.4 is 0 Å². The Balaban J connectivity index is 2.86. The summed E-state index contributed by atoms with van der Waals surface area (Å²) in [4.78, 5) is 12.1. The van der Waals surface area contributed by atoms with Gasteiger partial charge in [-0.05, 0) is 30.0 Å². The standard InChI is InChI=1S/C15H22O2S/c1-5-13-7-6-8-14(11(13)2)12(3)15(16)9-10-18(4)17/h6-8,12H,5,9-10H2,1-4H3. The van der Waals surface area contributed by atoms with Crippen LogP contribution in [0.2, 0.25) is 0 Å². The Morgan fingerprint density at radius 2 is 2.06 bits per heavy atom. The van der Waals surface area contributed by atoms with E-state index in [1.54, 1.807) is 6.26 Å². The van der Waals surface area contributed by atoms with Crippen molar-refractivity contribution in [3.05, 3.63) is 34.9 Å². The first-order chi connectivity index (χ1) is 8.47. The first kappa shape index (κ1) is 15.1. The molecule has 0 amide bonds. The van der Waals surface area contributed by atoms with Crippen LogP contribution in [0.3, 0.4) is 0 Å². The second kappa shape index (κ2) is 6.83. The van der Waals surface area contributed by atoms with Gasteiger partial charge in [0.1, 0.15) is 5.78 Å². The van der Waals surface area contributed by atoms with Crippen LogP contribution in [0.5, 0.6) is 0 Å². The number of aryl methyl sites for hydroxylation is 1. The van der Waals surface area contributed by atoms with Gasteiger partial charge < -0.3 is 0 Å². The molecule has 0 aliphatic carbocycles. The van der Waals surface area contributed by atoms with Crippen LogP contribution in [-0.2, 0) is 22.0 Å². The Hall–Kier alpha value is -0.960. The molecule has 2 atom stereocenters. The molecule has 1 aromatic carbocycles. The number of ketones is 1. The van der Waals surface area contributed by atoms with Crippen LogP contribution in [0.1, 0.15) is 42.9 Å². The van der Waals surface area contributed by atoms with Crippen molar-refractivity contribution in [3.8, 4) is 0 Å². The molecule has 0 bridgehead atoms. The molecule has 100 valence electrons. The zero-order valence-electron chi connectivity index (χ0n) is 11.7. The fourth-order valence-corrected chi connectivity index (χ4v) is 2.68. The minimum absolute atomic E-state index is 0.0972. The quantitative estimate of drug-likeness (QED) is 0.793. The van der Waals surface area contributed by atoms with Gasteiger partial charge in [-0.3, -0.25) is 9.00 Å². The maximum absolute atomic E-state index is 12.1. The van der Waals surface area contributed by atoms with Crippen molar-refractivity contribution in [1.29, 1.82) is 0 Å². The van der Waals surface area contributed by atoms with Crippen LogP contribution >= 0.6 is 0 Å². The summed E-state index contributed by atoms with van der Waals surface area (Å²) < 4.78 is 11.0. The van der Waals surface area contributed by atoms with Crippen molar-refractivity contribution in [1.82, 2.24) is 0 Å². The molecule has 0 saturated heterocycles. The Labute approximate surface area is 112 Å². The lowest BCUT2D eigenvalue weighted by Crippen LogP contribution is -2.14. The second-order valence-corrected chi connectivity index (χ2v) is 6.25. The molecular formula is C15H22O2S. The first-order valence-electron chi connectivity index (χ1n) is 6.38. The van der Waals surface area contributed by atoms with Crippen molar-refractivity contribution in [2.75, 3.05) is 12.0 Å². The summed E-state index contributed by atoms with van der Waals surface area (Å²) in [6.07, 6.45) is 3.03. The average Bonchev–Trinajstić information content (AvgIpc) is 2.35. The second-order valence-electron chi connectivity index (χ2n) is 4.70. The van der Waals surface area contributed by atoms with Gasteiger partial charge in [0.05, 0.1) is 0 Å². The largest absolute Gasteiger partial charge is 0.299 e. The van der Waals surface area contributed by atoms with E-state index >= 15 is 0 Å². The third kappa shape index (κ3) is 3.77. The van der Waals surface area contributed by atoms with E-state index in [4.69, 9.17) is 0 Å². The first-order valence-corrected chi connectivity index (χ1v) is 8.11.